The Morgan fingerprint density at radius 1 is 1.50 bits per heavy atom. The van der Waals surface area contributed by atoms with Gasteiger partial charge in [0.15, 0.2) is 0 Å². The Balaban J connectivity index is 0.000000490. The van der Waals surface area contributed by atoms with Gasteiger partial charge in [-0.2, -0.15) is 0 Å². The molecule has 1 atom stereocenters. The van der Waals surface area contributed by atoms with Crippen molar-refractivity contribution in [3.8, 4) is 0 Å². The molecule has 8 heavy (non-hydrogen) atoms. The van der Waals surface area contributed by atoms with Crippen LogP contribution in [0.2, 0.25) is 0 Å². The van der Waals surface area contributed by atoms with Gasteiger partial charge in [-0.3, -0.25) is 0 Å². The number of rotatable bonds is 0. The van der Waals surface area contributed by atoms with Crippen LogP contribution in [0, 0.1) is 5.92 Å². The van der Waals surface area contributed by atoms with E-state index in [-0.39, 0.29) is 18.6 Å². The van der Waals surface area contributed by atoms with Crippen molar-refractivity contribution >= 4 is 0 Å². The third-order valence-electron chi connectivity index (χ3n) is 1.48. The average molecular weight is 145 g/mol. The van der Waals surface area contributed by atoms with Gasteiger partial charge in [0.25, 0.3) is 0 Å². The fourth-order valence-corrected chi connectivity index (χ4v) is 0.678. The van der Waals surface area contributed by atoms with E-state index in [1.807, 2.05) is 0 Å². The van der Waals surface area contributed by atoms with E-state index < -0.39 is 0 Å². The van der Waals surface area contributed by atoms with Crippen LogP contribution < -0.4 is 0 Å². The summed E-state index contributed by atoms with van der Waals surface area (Å²) in [7, 11) is 0. The number of allylic oxidation sites excluding steroid dienone is 4. The molecule has 0 heterocycles. The van der Waals surface area contributed by atoms with Crippen LogP contribution in [0.15, 0.2) is 23.8 Å². The molecule has 1 aliphatic rings. The molecule has 0 nitrogen and oxygen atoms in total. The van der Waals surface area contributed by atoms with Gasteiger partial charge in [0.2, 0.25) is 0 Å². The van der Waals surface area contributed by atoms with Crippen LogP contribution in [0.1, 0.15) is 13.8 Å². The molecule has 1 unspecified atom stereocenters. The first kappa shape index (κ1) is 8.06. The predicted octanol–water partition coefficient (Wildman–Crippen LogP) is 2.14. The zero-order valence-electron chi connectivity index (χ0n) is 5.26. The molecule has 1 rings (SSSR count). The molecule has 0 aliphatic heterocycles. The smallest absolute Gasteiger partial charge is 0 e. The quantitative estimate of drug-likeness (QED) is 0.489. The molecule has 0 N–H and O–H groups in total. The molecule has 43 valence electrons. The van der Waals surface area contributed by atoms with Crippen LogP contribution in [0.5, 0.6) is 0 Å². The van der Waals surface area contributed by atoms with E-state index in [0.717, 1.165) is 0 Å². The zero-order chi connectivity index (χ0) is 5.28. The van der Waals surface area contributed by atoms with Crippen molar-refractivity contribution in [3.05, 3.63) is 23.8 Å². The van der Waals surface area contributed by atoms with Crippen molar-refractivity contribution < 1.29 is 18.6 Å². The monoisotopic (exact) mass is 145 g/mol. The van der Waals surface area contributed by atoms with E-state index in [0.29, 0.717) is 5.92 Å². The molecule has 1 radical (unpaired) electrons. The minimum Gasteiger partial charge on any atom is -0.0776 e. The van der Waals surface area contributed by atoms with Crippen molar-refractivity contribution in [2.45, 2.75) is 13.8 Å². The normalized spacial score (nSPS) is 24.8. The van der Waals surface area contributed by atoms with Gasteiger partial charge in [-0.05, 0) is 12.8 Å². The topological polar surface area (TPSA) is 0 Å². The van der Waals surface area contributed by atoms with Crippen molar-refractivity contribution in [3.63, 3.8) is 0 Å². The maximum Gasteiger partial charge on any atom is 0 e. The molecule has 0 amide bonds. The molecule has 0 aromatic heterocycles. The summed E-state index contributed by atoms with van der Waals surface area (Å²) in [5.74, 6) is 0.694. The van der Waals surface area contributed by atoms with Crippen LogP contribution in [0.4, 0.5) is 0 Å². The van der Waals surface area contributed by atoms with Gasteiger partial charge in [-0.25, -0.2) is 0 Å². The van der Waals surface area contributed by atoms with E-state index >= 15 is 0 Å². The summed E-state index contributed by atoms with van der Waals surface area (Å²) in [5, 5.41) is 0. The molecule has 0 aromatic carbocycles. The molecule has 1 heteroatoms. The van der Waals surface area contributed by atoms with E-state index in [4.69, 9.17) is 0 Å². The summed E-state index contributed by atoms with van der Waals surface area (Å²) in [5.41, 5.74) is 1.47. The van der Waals surface area contributed by atoms with Crippen LogP contribution in [-0.4, -0.2) is 0 Å². The summed E-state index contributed by atoms with van der Waals surface area (Å²) in [4.78, 5) is 0. The number of hydrogen-bond donors (Lipinski definition) is 0. The predicted molar refractivity (Wildman–Crippen MR) is 32.1 cm³/mol. The summed E-state index contributed by atoms with van der Waals surface area (Å²) in [6, 6.07) is 0. The van der Waals surface area contributed by atoms with Gasteiger partial charge in [0.05, 0.1) is 0 Å². The van der Waals surface area contributed by atoms with E-state index in [1.54, 1.807) is 0 Å². The summed E-state index contributed by atoms with van der Waals surface area (Å²) in [6.07, 6.45) is 6.47. The van der Waals surface area contributed by atoms with Gasteiger partial charge in [-0.15, -0.1) is 0 Å². The van der Waals surface area contributed by atoms with Crippen molar-refractivity contribution in [2.24, 2.45) is 5.92 Å². The van der Waals surface area contributed by atoms with Crippen LogP contribution >= 0.6 is 0 Å². The SMILES string of the molecule is CC1=CC=CC1C.[V]. The second-order valence-corrected chi connectivity index (χ2v) is 2.08. The van der Waals surface area contributed by atoms with E-state index in [2.05, 4.69) is 32.1 Å². The Morgan fingerprint density at radius 3 is 2.25 bits per heavy atom. The Hall–Kier alpha value is 0.0644. The molecule has 0 bridgehead atoms. The summed E-state index contributed by atoms with van der Waals surface area (Å²) in [6.45, 7) is 4.36. The van der Waals surface area contributed by atoms with Gasteiger partial charge in [0.1, 0.15) is 0 Å². The molecule has 0 saturated carbocycles. The third-order valence-corrected chi connectivity index (χ3v) is 1.48. The molecule has 0 fully saturated rings. The van der Waals surface area contributed by atoms with Crippen LogP contribution in [0.3, 0.4) is 0 Å². The minimum atomic E-state index is 0. The van der Waals surface area contributed by atoms with Crippen molar-refractivity contribution in [1.82, 2.24) is 0 Å². The first-order chi connectivity index (χ1) is 3.30. The maximum atomic E-state index is 2.20. The first-order valence-corrected chi connectivity index (χ1v) is 2.65. The summed E-state index contributed by atoms with van der Waals surface area (Å²) >= 11 is 0. The third kappa shape index (κ3) is 1.54. The maximum absolute atomic E-state index is 2.20. The van der Waals surface area contributed by atoms with Crippen molar-refractivity contribution in [2.75, 3.05) is 0 Å². The fourth-order valence-electron chi connectivity index (χ4n) is 0.678. The van der Waals surface area contributed by atoms with Crippen molar-refractivity contribution in [1.29, 1.82) is 0 Å². The minimum absolute atomic E-state index is 0. The Morgan fingerprint density at radius 2 is 2.12 bits per heavy atom. The first-order valence-electron chi connectivity index (χ1n) is 2.65. The molecule has 0 spiro atoms. The standard InChI is InChI=1S/C7H10.V/c1-6-4-3-5-7(6)2;/h3-6H,1-2H3;. The van der Waals surface area contributed by atoms with E-state index in [9.17, 15) is 0 Å². The fraction of sp³-hybridized carbons (Fsp3) is 0.429. The van der Waals surface area contributed by atoms with E-state index in [1.165, 1.54) is 5.57 Å². The molecule has 1 aliphatic carbocycles. The Kier molecular flexibility index (Phi) is 3.19. The Labute approximate surface area is 62.6 Å². The van der Waals surface area contributed by atoms with Crippen LogP contribution in [-0.2, 0) is 18.6 Å². The second-order valence-electron chi connectivity index (χ2n) is 2.08. The molecular weight excluding hydrogens is 135 g/mol. The molecular formula is C7H10V. The molecule has 0 aromatic rings. The van der Waals surface area contributed by atoms with Gasteiger partial charge >= 0.3 is 0 Å². The van der Waals surface area contributed by atoms with Gasteiger partial charge in [-0.1, -0.05) is 30.7 Å². The number of hydrogen-bond acceptors (Lipinski definition) is 0. The summed E-state index contributed by atoms with van der Waals surface area (Å²) < 4.78 is 0. The van der Waals surface area contributed by atoms with Gasteiger partial charge < -0.3 is 0 Å². The van der Waals surface area contributed by atoms with Crippen LogP contribution in [0.25, 0.3) is 0 Å². The molecule has 0 saturated heterocycles. The zero-order valence-corrected chi connectivity index (χ0v) is 6.65. The average Bonchev–Trinajstić information content (AvgIpc) is 1.91. The largest absolute Gasteiger partial charge is 0.0776 e. The Bertz CT molecular complexity index is 122. The van der Waals surface area contributed by atoms with Gasteiger partial charge in [0, 0.05) is 18.6 Å². The second kappa shape index (κ2) is 3.16.